The van der Waals surface area contributed by atoms with Crippen molar-refractivity contribution in [3.05, 3.63) is 40.4 Å². The van der Waals surface area contributed by atoms with Crippen LogP contribution in [0.3, 0.4) is 0 Å². The molecule has 0 saturated carbocycles. The van der Waals surface area contributed by atoms with E-state index in [-0.39, 0.29) is 6.42 Å². The lowest BCUT2D eigenvalue weighted by Gasteiger charge is -2.04. The summed E-state index contributed by atoms with van der Waals surface area (Å²) in [6.45, 7) is 4.00. The van der Waals surface area contributed by atoms with Crippen molar-refractivity contribution in [3.63, 3.8) is 0 Å². The monoisotopic (exact) mass is 262 g/mol. The molecule has 18 heavy (non-hydrogen) atoms. The number of benzene rings is 1. The van der Waals surface area contributed by atoms with Gasteiger partial charge < -0.3 is 10.4 Å². The van der Waals surface area contributed by atoms with Crippen molar-refractivity contribution >= 4 is 28.1 Å². The van der Waals surface area contributed by atoms with Gasteiger partial charge in [0, 0.05) is 10.6 Å². The average Bonchev–Trinajstić information content (AvgIpc) is 2.57. The predicted molar refractivity (Wildman–Crippen MR) is 72.7 cm³/mol. The van der Waals surface area contributed by atoms with Crippen LogP contribution in [-0.4, -0.2) is 16.1 Å². The summed E-state index contributed by atoms with van der Waals surface area (Å²) in [6.07, 6.45) is 0.0332. The van der Waals surface area contributed by atoms with Gasteiger partial charge in [-0.05, 0) is 31.5 Å². The normalized spacial score (nSPS) is 10.3. The van der Waals surface area contributed by atoms with Crippen LogP contribution in [0.2, 0.25) is 0 Å². The summed E-state index contributed by atoms with van der Waals surface area (Å²) in [4.78, 5) is 16.2. The van der Waals surface area contributed by atoms with Crippen LogP contribution in [-0.2, 0) is 11.2 Å². The van der Waals surface area contributed by atoms with E-state index < -0.39 is 5.97 Å². The van der Waals surface area contributed by atoms with Crippen LogP contribution < -0.4 is 5.32 Å². The number of aryl methyl sites for hydroxylation is 2. The first-order valence-electron chi connectivity index (χ1n) is 5.56. The Bertz CT molecular complexity index is 559. The van der Waals surface area contributed by atoms with E-state index in [4.69, 9.17) is 5.11 Å². The van der Waals surface area contributed by atoms with Crippen LogP contribution in [0.5, 0.6) is 0 Å². The number of carbonyl (C=O) groups is 1. The van der Waals surface area contributed by atoms with E-state index in [9.17, 15) is 4.79 Å². The molecule has 0 aliphatic rings. The number of carboxylic acid groups (broad SMARTS) is 1. The molecule has 0 aliphatic heterocycles. The second-order valence-electron chi connectivity index (χ2n) is 4.06. The molecule has 0 fully saturated rings. The zero-order valence-corrected chi connectivity index (χ0v) is 11.0. The van der Waals surface area contributed by atoms with Crippen molar-refractivity contribution in [2.45, 2.75) is 20.3 Å². The minimum absolute atomic E-state index is 0.0332. The molecule has 5 heteroatoms. The Hall–Kier alpha value is -1.88. The van der Waals surface area contributed by atoms with Crippen molar-refractivity contribution in [2.24, 2.45) is 0 Å². The number of carboxylic acids is 1. The number of nitrogens with zero attached hydrogens (tertiary/aromatic N) is 1. The fourth-order valence-electron chi connectivity index (χ4n) is 1.58. The van der Waals surface area contributed by atoms with E-state index >= 15 is 0 Å². The van der Waals surface area contributed by atoms with E-state index in [1.165, 1.54) is 4.88 Å². The molecule has 0 atom stereocenters. The number of thiazole rings is 1. The molecule has 1 heterocycles. The fourth-order valence-corrected chi connectivity index (χ4v) is 2.42. The van der Waals surface area contributed by atoms with Crippen molar-refractivity contribution in [3.8, 4) is 0 Å². The first-order chi connectivity index (χ1) is 8.54. The van der Waals surface area contributed by atoms with Gasteiger partial charge in [-0.1, -0.05) is 12.1 Å². The topological polar surface area (TPSA) is 62.2 Å². The van der Waals surface area contributed by atoms with E-state index in [1.807, 2.05) is 32.0 Å². The summed E-state index contributed by atoms with van der Waals surface area (Å²) in [6, 6.07) is 7.38. The number of aromatic nitrogens is 1. The Balaban J connectivity index is 2.16. The number of hydrogen-bond donors (Lipinski definition) is 2. The van der Waals surface area contributed by atoms with Crippen molar-refractivity contribution < 1.29 is 9.90 Å². The molecular weight excluding hydrogens is 248 g/mol. The molecule has 0 unspecified atom stereocenters. The third-order valence-electron chi connectivity index (χ3n) is 2.56. The number of aliphatic carboxylic acids is 1. The largest absolute Gasteiger partial charge is 0.481 e. The first-order valence-corrected chi connectivity index (χ1v) is 6.38. The van der Waals surface area contributed by atoms with Gasteiger partial charge in [0.05, 0.1) is 12.1 Å². The minimum Gasteiger partial charge on any atom is -0.481 e. The van der Waals surface area contributed by atoms with Crippen LogP contribution in [0.15, 0.2) is 24.3 Å². The number of hydrogen-bond acceptors (Lipinski definition) is 4. The van der Waals surface area contributed by atoms with Gasteiger partial charge in [0.15, 0.2) is 5.13 Å². The third-order valence-corrected chi connectivity index (χ3v) is 3.55. The number of anilines is 2. The molecule has 1 aromatic carbocycles. The second kappa shape index (κ2) is 5.18. The van der Waals surface area contributed by atoms with Gasteiger partial charge in [-0.3, -0.25) is 4.79 Å². The van der Waals surface area contributed by atoms with Crippen LogP contribution in [0.4, 0.5) is 10.8 Å². The molecule has 2 rings (SSSR count). The average molecular weight is 262 g/mol. The first kappa shape index (κ1) is 12.6. The molecule has 94 valence electrons. The van der Waals surface area contributed by atoms with Crippen molar-refractivity contribution in [2.75, 3.05) is 5.32 Å². The van der Waals surface area contributed by atoms with Gasteiger partial charge in [0.1, 0.15) is 0 Å². The number of rotatable bonds is 4. The van der Waals surface area contributed by atoms with Gasteiger partial charge in [0.25, 0.3) is 0 Å². The van der Waals surface area contributed by atoms with Crippen LogP contribution in [0.25, 0.3) is 0 Å². The quantitative estimate of drug-likeness (QED) is 0.888. The summed E-state index contributed by atoms with van der Waals surface area (Å²) in [5.41, 5.74) is 2.66. The third kappa shape index (κ3) is 3.07. The summed E-state index contributed by atoms with van der Waals surface area (Å²) in [5.74, 6) is -0.826. The van der Waals surface area contributed by atoms with Crippen LogP contribution in [0.1, 0.15) is 16.1 Å². The maximum atomic E-state index is 10.7. The van der Waals surface area contributed by atoms with E-state index in [1.54, 1.807) is 17.4 Å². The van der Waals surface area contributed by atoms with Gasteiger partial charge in [-0.15, -0.1) is 11.3 Å². The SMILES string of the molecule is Cc1nc(Nc2cccc(CC(=O)O)c2)sc1C. The highest BCUT2D eigenvalue weighted by molar-refractivity contribution is 7.15. The molecule has 0 saturated heterocycles. The van der Waals surface area contributed by atoms with Crippen molar-refractivity contribution in [1.82, 2.24) is 4.98 Å². The summed E-state index contributed by atoms with van der Waals surface area (Å²) in [5, 5.41) is 12.8. The minimum atomic E-state index is -0.826. The molecule has 2 aromatic rings. The Morgan fingerprint density at radius 2 is 2.22 bits per heavy atom. The molecule has 4 nitrogen and oxygen atoms in total. The maximum absolute atomic E-state index is 10.7. The van der Waals surface area contributed by atoms with E-state index in [2.05, 4.69) is 10.3 Å². The maximum Gasteiger partial charge on any atom is 0.307 e. The molecule has 0 amide bonds. The number of nitrogens with one attached hydrogen (secondary N) is 1. The summed E-state index contributed by atoms with van der Waals surface area (Å²) < 4.78 is 0. The highest BCUT2D eigenvalue weighted by Crippen LogP contribution is 2.25. The lowest BCUT2D eigenvalue weighted by Crippen LogP contribution is -2.00. The van der Waals surface area contributed by atoms with Crippen molar-refractivity contribution in [1.29, 1.82) is 0 Å². The molecule has 0 aliphatic carbocycles. The highest BCUT2D eigenvalue weighted by Gasteiger charge is 2.05. The lowest BCUT2D eigenvalue weighted by molar-refractivity contribution is -0.136. The summed E-state index contributed by atoms with van der Waals surface area (Å²) >= 11 is 1.59. The van der Waals surface area contributed by atoms with Gasteiger partial charge >= 0.3 is 5.97 Å². The van der Waals surface area contributed by atoms with Gasteiger partial charge in [0.2, 0.25) is 0 Å². The predicted octanol–water partition coefficient (Wildman–Crippen LogP) is 3.13. The van der Waals surface area contributed by atoms with Crippen LogP contribution in [0, 0.1) is 13.8 Å². The lowest BCUT2D eigenvalue weighted by atomic mass is 10.1. The fraction of sp³-hybridized carbons (Fsp3) is 0.231. The Kier molecular flexibility index (Phi) is 3.62. The molecule has 2 N–H and O–H groups in total. The Labute approximate surface area is 109 Å². The molecule has 0 bridgehead atoms. The molecule has 0 spiro atoms. The molecule has 0 radical (unpaired) electrons. The highest BCUT2D eigenvalue weighted by atomic mass is 32.1. The second-order valence-corrected chi connectivity index (χ2v) is 5.26. The van der Waals surface area contributed by atoms with E-state index in [0.29, 0.717) is 0 Å². The Morgan fingerprint density at radius 1 is 1.44 bits per heavy atom. The smallest absolute Gasteiger partial charge is 0.307 e. The molecule has 1 aromatic heterocycles. The van der Waals surface area contributed by atoms with Gasteiger partial charge in [-0.2, -0.15) is 0 Å². The standard InChI is InChI=1S/C13H14N2O2S/c1-8-9(2)18-13(14-8)15-11-5-3-4-10(6-11)7-12(16)17/h3-6H,7H2,1-2H3,(H,14,15)(H,16,17). The molecular formula is C13H14N2O2S. The van der Waals surface area contributed by atoms with Gasteiger partial charge in [-0.25, -0.2) is 4.98 Å². The summed E-state index contributed by atoms with van der Waals surface area (Å²) in [7, 11) is 0. The Morgan fingerprint density at radius 3 is 2.83 bits per heavy atom. The van der Waals surface area contributed by atoms with Crippen LogP contribution >= 0.6 is 11.3 Å². The van der Waals surface area contributed by atoms with E-state index in [0.717, 1.165) is 22.1 Å². The zero-order valence-electron chi connectivity index (χ0n) is 10.2. The zero-order chi connectivity index (χ0) is 13.1.